The van der Waals surface area contributed by atoms with Crippen LogP contribution in [0, 0.1) is 0 Å². The van der Waals surface area contributed by atoms with E-state index in [-0.39, 0.29) is 13.2 Å². The minimum atomic E-state index is -5.08. The zero-order valence-corrected chi connectivity index (χ0v) is 78.6. The van der Waals surface area contributed by atoms with Gasteiger partial charge in [-0.25, -0.2) is 18.3 Å². The standard InChI is InChI=1S/2C20H36O7P2.3C16H36N/c2*1-17(2)9-6-10-18(3)11-7-12-19(4)13-8-14-20(5)15-16-26-29(24,25)27-28(21,22)23;3*1-5-9-13-17(14-10-6-2,15-11-7-3)16-12-8-4/h2*9,11,13,15H,6-8,10,12,14,16H2,1-5H3,(H,24,25)(H2,21,22,23);3*5-16H2,1-4H3/q;;3*+1/b2*18-11+,19-13+,20-15+;;;. The molecule has 2 atom stereocenters. The van der Waals surface area contributed by atoms with Crippen molar-refractivity contribution in [1.82, 2.24) is 0 Å². The normalized spacial score (nSPS) is 14.1. The Morgan fingerprint density at radius 3 is 0.532 bits per heavy atom. The lowest BCUT2D eigenvalue weighted by atomic mass is 10.0. The van der Waals surface area contributed by atoms with Crippen LogP contribution in [0.25, 0.3) is 0 Å². The number of allylic oxidation sites excluding steroid dienone is 14. The first-order valence-electron chi connectivity index (χ1n) is 43.6. The van der Waals surface area contributed by atoms with Gasteiger partial charge in [0.05, 0.1) is 91.8 Å². The average molecular weight is 1630 g/mol. The van der Waals surface area contributed by atoms with Crippen molar-refractivity contribution in [3.63, 3.8) is 0 Å². The van der Waals surface area contributed by atoms with E-state index in [1.807, 2.05) is 13.8 Å². The minimum absolute atomic E-state index is 0.265. The summed E-state index contributed by atoms with van der Waals surface area (Å²) in [6.45, 7) is 65.3. The highest BCUT2D eigenvalue weighted by atomic mass is 31.3. The fraction of sp³-hybridized carbons (Fsp3) is 0.818. The number of quaternary nitrogens is 3. The van der Waals surface area contributed by atoms with E-state index in [9.17, 15) is 28.0 Å². The first-order valence-corrected chi connectivity index (χ1v) is 49.6. The van der Waals surface area contributed by atoms with E-state index >= 15 is 0 Å². The van der Waals surface area contributed by atoms with Gasteiger partial charge in [0.25, 0.3) is 0 Å². The molecule has 2 unspecified atom stereocenters. The molecular weight excluding hydrogens is 1450 g/mol. The van der Waals surface area contributed by atoms with Gasteiger partial charge in [0.2, 0.25) is 0 Å². The summed E-state index contributed by atoms with van der Waals surface area (Å²) in [5.41, 5.74) is 10.1. The molecule has 6 N–H and O–H groups in total. The smallest absolute Gasteiger partial charge is 0.324 e. The molecule has 0 fully saturated rings. The summed E-state index contributed by atoms with van der Waals surface area (Å²) in [6, 6.07) is 0. The van der Waals surface area contributed by atoms with Crippen molar-refractivity contribution >= 4 is 31.3 Å². The first-order chi connectivity index (χ1) is 51.3. The molecule has 109 heavy (non-hydrogen) atoms. The summed E-state index contributed by atoms with van der Waals surface area (Å²) in [7, 11) is -19.7. The topological polar surface area (TPSA) is 227 Å². The van der Waals surface area contributed by atoms with Crippen molar-refractivity contribution in [2.75, 3.05) is 91.8 Å². The second-order valence-corrected chi connectivity index (χ2v) is 37.4. The lowest BCUT2D eigenvalue weighted by molar-refractivity contribution is -0.929. The van der Waals surface area contributed by atoms with Gasteiger partial charge in [0.1, 0.15) is 0 Å². The van der Waals surface area contributed by atoms with Crippen molar-refractivity contribution in [3.05, 3.63) is 93.2 Å². The van der Waals surface area contributed by atoms with Crippen LogP contribution < -0.4 is 0 Å². The molecule has 0 saturated carbocycles. The molecule has 0 spiro atoms. The highest BCUT2D eigenvalue weighted by molar-refractivity contribution is 7.61. The van der Waals surface area contributed by atoms with Crippen LogP contribution in [0.1, 0.15) is 383 Å². The SMILES string of the molecule is CC(C)=CCC/C(C)=C/CC/C(C)=C/CC/C(C)=C/COP(=O)(O)OP(=O)(O)O.CC(C)=CCC/C(C)=C/CC/C(C)=C/CC/C(C)=C/COP(=O)(O)OP(=O)(O)O.CCCC[N+](CCCC)(CCCC)CCCC.CCCC[N+](CCCC)(CCCC)CCCC.CCCC[N+](CCCC)(CCCC)CCCC. The molecule has 0 aromatic heterocycles. The predicted molar refractivity (Wildman–Crippen MR) is 473 cm³/mol. The molecule has 0 saturated heterocycles. The Bertz CT molecular complexity index is 2310. The Balaban J connectivity index is -0.000000424. The van der Waals surface area contributed by atoms with Crippen LogP contribution in [-0.2, 0) is 35.9 Å². The molecule has 0 bridgehead atoms. The molecule has 0 aromatic carbocycles. The third-order valence-electron chi connectivity index (χ3n) is 19.9. The maximum atomic E-state index is 11.3. The fourth-order valence-electron chi connectivity index (χ4n) is 12.8. The molecule has 0 amide bonds. The maximum Gasteiger partial charge on any atom is 0.481 e. The quantitative estimate of drug-likeness (QED) is 0.0189. The number of rotatable bonds is 64. The van der Waals surface area contributed by atoms with E-state index in [1.165, 1.54) is 280 Å². The van der Waals surface area contributed by atoms with E-state index in [1.54, 1.807) is 12.2 Å². The lowest BCUT2D eigenvalue weighted by Crippen LogP contribution is -2.50. The number of unbranched alkanes of at least 4 members (excludes halogenated alkanes) is 12. The molecule has 0 aliphatic rings. The minimum Gasteiger partial charge on any atom is -0.324 e. The van der Waals surface area contributed by atoms with E-state index in [4.69, 9.17) is 19.6 Å². The molecule has 0 aromatic rings. The van der Waals surface area contributed by atoms with Gasteiger partial charge in [0.15, 0.2) is 0 Å². The van der Waals surface area contributed by atoms with Gasteiger partial charge >= 0.3 is 31.3 Å². The third-order valence-corrected chi connectivity index (χ3v) is 24.2. The second-order valence-electron chi connectivity index (χ2n) is 31.7. The largest absolute Gasteiger partial charge is 0.481 e. The summed E-state index contributed by atoms with van der Waals surface area (Å²) in [4.78, 5) is 52.5. The Labute approximate surface area is 674 Å². The summed E-state index contributed by atoms with van der Waals surface area (Å²) in [6.07, 6.45) is 61.5. The van der Waals surface area contributed by atoms with Crippen LogP contribution in [-0.4, -0.2) is 135 Å². The second kappa shape index (κ2) is 73.9. The van der Waals surface area contributed by atoms with Crippen molar-refractivity contribution in [2.24, 2.45) is 0 Å². The molecule has 648 valence electrons. The number of phosphoric acid groups is 4. The van der Waals surface area contributed by atoms with Crippen molar-refractivity contribution in [3.8, 4) is 0 Å². The van der Waals surface area contributed by atoms with Gasteiger partial charge in [0, 0.05) is 0 Å². The van der Waals surface area contributed by atoms with Gasteiger partial charge in [-0.2, -0.15) is 8.62 Å². The van der Waals surface area contributed by atoms with Crippen LogP contribution >= 0.6 is 31.3 Å². The molecule has 0 radical (unpaired) electrons. The van der Waals surface area contributed by atoms with Gasteiger partial charge in [-0.15, -0.1) is 0 Å². The molecular formula is C88H180N3O14P4+3. The fourth-order valence-corrected chi connectivity index (χ4v) is 15.8. The van der Waals surface area contributed by atoms with Gasteiger partial charge in [-0.1, -0.05) is 253 Å². The summed E-state index contributed by atoms with van der Waals surface area (Å²) in [5.74, 6) is 0. The molecule has 0 heterocycles. The van der Waals surface area contributed by atoms with E-state index in [0.717, 1.165) is 88.2 Å². The van der Waals surface area contributed by atoms with Crippen LogP contribution in [0.3, 0.4) is 0 Å². The van der Waals surface area contributed by atoms with Gasteiger partial charge in [-0.05, 0) is 223 Å². The van der Waals surface area contributed by atoms with Crippen LogP contribution in [0.5, 0.6) is 0 Å². The summed E-state index contributed by atoms with van der Waals surface area (Å²) >= 11 is 0. The maximum absolute atomic E-state index is 11.3. The van der Waals surface area contributed by atoms with Gasteiger partial charge in [-0.3, -0.25) is 9.05 Å². The van der Waals surface area contributed by atoms with Crippen molar-refractivity contribution < 1.29 is 78.7 Å². The average Bonchev–Trinajstić information content (AvgIpc) is 0.895. The van der Waals surface area contributed by atoms with Crippen LogP contribution in [0.15, 0.2) is 93.2 Å². The molecule has 21 heteroatoms. The lowest BCUT2D eigenvalue weighted by Gasteiger charge is -2.39. The van der Waals surface area contributed by atoms with Crippen molar-refractivity contribution in [1.29, 1.82) is 0 Å². The Morgan fingerprint density at radius 2 is 0.394 bits per heavy atom. The Kier molecular flexibility index (Phi) is 78.6. The van der Waals surface area contributed by atoms with E-state index < -0.39 is 31.3 Å². The highest BCUT2D eigenvalue weighted by Crippen LogP contribution is 2.58. The summed E-state index contributed by atoms with van der Waals surface area (Å²) < 4.78 is 64.5. The summed E-state index contributed by atoms with van der Waals surface area (Å²) in [5, 5.41) is 0. The number of hydrogen-bond acceptors (Lipinski definition) is 8. The van der Waals surface area contributed by atoms with Crippen molar-refractivity contribution in [2.45, 2.75) is 383 Å². The molecule has 17 nitrogen and oxygen atoms in total. The predicted octanol–water partition coefficient (Wildman–Crippen LogP) is 27.7. The molecule has 0 aliphatic carbocycles. The van der Waals surface area contributed by atoms with Crippen LogP contribution in [0.4, 0.5) is 0 Å². The first kappa shape index (κ1) is 116. The van der Waals surface area contributed by atoms with Gasteiger partial charge < -0.3 is 42.8 Å². The zero-order chi connectivity index (χ0) is 84.0. The van der Waals surface area contributed by atoms with E-state index in [0.29, 0.717) is 0 Å². The van der Waals surface area contributed by atoms with Crippen LogP contribution in [0.2, 0.25) is 0 Å². The van der Waals surface area contributed by atoms with E-state index in [2.05, 4.69) is 193 Å². The third kappa shape index (κ3) is 79.9. The highest BCUT2D eigenvalue weighted by Gasteiger charge is 2.33. The Hall–Kier alpha value is -1.68. The molecule has 0 aliphatic heterocycles. The number of hydrogen-bond donors (Lipinski definition) is 6. The number of nitrogens with zero attached hydrogens (tertiary/aromatic N) is 3. The Morgan fingerprint density at radius 1 is 0.248 bits per heavy atom. The zero-order valence-electron chi connectivity index (χ0n) is 75.1. The molecule has 0 rings (SSSR count). The monoisotopic (exact) mass is 1630 g/mol. The number of phosphoric ester groups is 2.